The van der Waals surface area contributed by atoms with Gasteiger partial charge in [-0.1, -0.05) is 6.07 Å². The Morgan fingerprint density at radius 1 is 1.38 bits per heavy atom. The molecule has 2 rings (SSSR count). The fraction of sp³-hybridized carbons (Fsp3) is 0.538. The van der Waals surface area contributed by atoms with Gasteiger partial charge in [-0.05, 0) is 43.5 Å². The summed E-state index contributed by atoms with van der Waals surface area (Å²) in [5.41, 5.74) is 1.34. The highest BCUT2D eigenvalue weighted by molar-refractivity contribution is 5.44. The lowest BCUT2D eigenvalue weighted by molar-refractivity contribution is 0.310. The Morgan fingerprint density at radius 3 is 2.88 bits per heavy atom. The van der Waals surface area contributed by atoms with Crippen molar-refractivity contribution in [3.8, 4) is 11.5 Å². The Kier molecular flexibility index (Phi) is 3.67. The van der Waals surface area contributed by atoms with E-state index in [1.807, 2.05) is 13.0 Å². The first-order valence-electron chi connectivity index (χ1n) is 5.86. The number of rotatable bonds is 4. The lowest BCUT2D eigenvalue weighted by Crippen LogP contribution is -2.08. The van der Waals surface area contributed by atoms with Crippen molar-refractivity contribution >= 4 is 0 Å². The van der Waals surface area contributed by atoms with Crippen molar-refractivity contribution in [1.29, 1.82) is 0 Å². The minimum Gasteiger partial charge on any atom is -0.493 e. The van der Waals surface area contributed by atoms with Gasteiger partial charge in [0.15, 0.2) is 11.5 Å². The van der Waals surface area contributed by atoms with E-state index in [0.717, 1.165) is 24.6 Å². The van der Waals surface area contributed by atoms with Gasteiger partial charge in [0.05, 0.1) is 13.7 Å². The molecule has 0 aliphatic carbocycles. The molecule has 1 atom stereocenters. The third-order valence-electron chi connectivity index (χ3n) is 3.02. The summed E-state index contributed by atoms with van der Waals surface area (Å²) >= 11 is 0. The minimum absolute atomic E-state index is 0.615. The third-order valence-corrected chi connectivity index (χ3v) is 3.02. The highest BCUT2D eigenvalue weighted by Crippen LogP contribution is 2.32. The molecule has 1 N–H and O–H groups in total. The van der Waals surface area contributed by atoms with Crippen LogP contribution in [0.2, 0.25) is 0 Å². The molecule has 0 bridgehead atoms. The molecule has 1 unspecified atom stereocenters. The van der Waals surface area contributed by atoms with E-state index in [9.17, 15) is 0 Å². The minimum atomic E-state index is 0.615. The lowest BCUT2D eigenvalue weighted by atomic mass is 9.98. The van der Waals surface area contributed by atoms with Gasteiger partial charge in [-0.15, -0.1) is 0 Å². The molecule has 0 aromatic heterocycles. The number of ether oxygens (including phenoxy) is 2. The van der Waals surface area contributed by atoms with Crippen LogP contribution in [0, 0.1) is 0 Å². The molecule has 1 aliphatic heterocycles. The maximum Gasteiger partial charge on any atom is 0.161 e. The highest BCUT2D eigenvalue weighted by atomic mass is 16.5. The van der Waals surface area contributed by atoms with Gasteiger partial charge in [0, 0.05) is 6.54 Å². The summed E-state index contributed by atoms with van der Waals surface area (Å²) in [6.45, 7) is 4.83. The van der Waals surface area contributed by atoms with Gasteiger partial charge in [0.1, 0.15) is 0 Å². The molecule has 1 aliphatic rings. The zero-order chi connectivity index (χ0) is 11.4. The molecule has 16 heavy (non-hydrogen) atoms. The van der Waals surface area contributed by atoms with Crippen molar-refractivity contribution < 1.29 is 9.47 Å². The quantitative estimate of drug-likeness (QED) is 0.845. The molecular weight excluding hydrogens is 202 g/mol. The Labute approximate surface area is 96.8 Å². The first kappa shape index (κ1) is 11.3. The number of methoxy groups -OCH3 is 1. The predicted octanol–water partition coefficient (Wildman–Crippen LogP) is 2.17. The van der Waals surface area contributed by atoms with Crippen LogP contribution in [-0.4, -0.2) is 26.8 Å². The van der Waals surface area contributed by atoms with E-state index in [4.69, 9.17) is 9.47 Å². The Morgan fingerprint density at radius 2 is 2.25 bits per heavy atom. The zero-order valence-electron chi connectivity index (χ0n) is 9.95. The summed E-state index contributed by atoms with van der Waals surface area (Å²) in [4.78, 5) is 0. The van der Waals surface area contributed by atoms with Gasteiger partial charge >= 0.3 is 0 Å². The topological polar surface area (TPSA) is 30.5 Å². The van der Waals surface area contributed by atoms with Crippen LogP contribution in [0.1, 0.15) is 24.8 Å². The van der Waals surface area contributed by atoms with Crippen molar-refractivity contribution in [3.05, 3.63) is 23.8 Å². The molecule has 0 saturated carbocycles. The molecule has 0 amide bonds. The van der Waals surface area contributed by atoms with E-state index >= 15 is 0 Å². The van der Waals surface area contributed by atoms with Gasteiger partial charge in [-0.2, -0.15) is 0 Å². The van der Waals surface area contributed by atoms with Crippen LogP contribution in [0.5, 0.6) is 11.5 Å². The van der Waals surface area contributed by atoms with Crippen LogP contribution >= 0.6 is 0 Å². The first-order valence-corrected chi connectivity index (χ1v) is 5.86. The van der Waals surface area contributed by atoms with Crippen molar-refractivity contribution in [1.82, 2.24) is 5.32 Å². The maximum absolute atomic E-state index is 5.50. The molecule has 0 spiro atoms. The molecule has 1 aromatic rings. The van der Waals surface area contributed by atoms with E-state index in [2.05, 4.69) is 17.4 Å². The molecule has 88 valence electrons. The predicted molar refractivity (Wildman–Crippen MR) is 64.4 cm³/mol. The monoisotopic (exact) mass is 221 g/mol. The molecule has 3 heteroatoms. The lowest BCUT2D eigenvalue weighted by Gasteiger charge is -2.14. The summed E-state index contributed by atoms with van der Waals surface area (Å²) in [6.07, 6.45) is 1.21. The average Bonchev–Trinajstić information content (AvgIpc) is 2.83. The Balaban J connectivity index is 2.21. The summed E-state index contributed by atoms with van der Waals surface area (Å²) in [5.74, 6) is 2.29. The van der Waals surface area contributed by atoms with E-state index < -0.39 is 0 Å². The maximum atomic E-state index is 5.50. The van der Waals surface area contributed by atoms with Crippen molar-refractivity contribution in [2.75, 3.05) is 26.8 Å². The van der Waals surface area contributed by atoms with Crippen LogP contribution in [0.25, 0.3) is 0 Å². The third kappa shape index (κ3) is 2.30. The second-order valence-electron chi connectivity index (χ2n) is 4.03. The van der Waals surface area contributed by atoms with Gasteiger partial charge in [0.25, 0.3) is 0 Å². The molecule has 0 radical (unpaired) electrons. The van der Waals surface area contributed by atoms with Gasteiger partial charge in [0.2, 0.25) is 0 Å². The zero-order valence-corrected chi connectivity index (χ0v) is 9.95. The van der Waals surface area contributed by atoms with Crippen molar-refractivity contribution in [2.24, 2.45) is 0 Å². The van der Waals surface area contributed by atoms with Crippen LogP contribution < -0.4 is 14.8 Å². The molecule has 1 aromatic carbocycles. The fourth-order valence-electron chi connectivity index (χ4n) is 2.15. The van der Waals surface area contributed by atoms with Crippen LogP contribution in [0.4, 0.5) is 0 Å². The number of hydrogen-bond donors (Lipinski definition) is 1. The number of benzene rings is 1. The van der Waals surface area contributed by atoms with Gasteiger partial charge in [-0.3, -0.25) is 0 Å². The van der Waals surface area contributed by atoms with Gasteiger partial charge in [-0.25, -0.2) is 0 Å². The highest BCUT2D eigenvalue weighted by Gasteiger charge is 2.18. The number of nitrogens with one attached hydrogen (secondary N) is 1. The van der Waals surface area contributed by atoms with E-state index in [1.54, 1.807) is 7.11 Å². The largest absolute Gasteiger partial charge is 0.493 e. The van der Waals surface area contributed by atoms with Crippen molar-refractivity contribution in [2.45, 2.75) is 19.3 Å². The normalized spacial score (nSPS) is 19.8. The first-order chi connectivity index (χ1) is 7.85. The van der Waals surface area contributed by atoms with E-state index in [-0.39, 0.29) is 0 Å². The van der Waals surface area contributed by atoms with Crippen LogP contribution in [0.15, 0.2) is 18.2 Å². The molecule has 1 fully saturated rings. The fourth-order valence-corrected chi connectivity index (χ4v) is 2.15. The SMILES string of the molecule is CCOc1ccc(C2CCNC2)cc1OC. The molecule has 1 heterocycles. The molecular formula is C13H19NO2. The molecule has 1 saturated heterocycles. The van der Waals surface area contributed by atoms with E-state index in [1.165, 1.54) is 12.0 Å². The summed E-state index contributed by atoms with van der Waals surface area (Å²) in [5, 5.41) is 3.38. The summed E-state index contributed by atoms with van der Waals surface area (Å²) in [6, 6.07) is 6.25. The standard InChI is InChI=1S/C13H19NO2/c1-3-16-12-5-4-10(8-13(12)15-2)11-6-7-14-9-11/h4-5,8,11,14H,3,6-7,9H2,1-2H3. The second-order valence-corrected chi connectivity index (χ2v) is 4.03. The van der Waals surface area contributed by atoms with Crippen LogP contribution in [-0.2, 0) is 0 Å². The van der Waals surface area contributed by atoms with Crippen molar-refractivity contribution in [3.63, 3.8) is 0 Å². The van der Waals surface area contributed by atoms with Gasteiger partial charge < -0.3 is 14.8 Å². The smallest absolute Gasteiger partial charge is 0.161 e. The summed E-state index contributed by atoms with van der Waals surface area (Å²) in [7, 11) is 1.69. The Bertz CT molecular complexity index is 346. The Hall–Kier alpha value is -1.22. The molecule has 3 nitrogen and oxygen atoms in total. The summed E-state index contributed by atoms with van der Waals surface area (Å²) < 4.78 is 10.9. The van der Waals surface area contributed by atoms with E-state index in [0.29, 0.717) is 12.5 Å². The second kappa shape index (κ2) is 5.21. The average molecular weight is 221 g/mol. The van der Waals surface area contributed by atoms with Crippen LogP contribution in [0.3, 0.4) is 0 Å². The number of hydrogen-bond acceptors (Lipinski definition) is 3.